The molecule has 0 aromatic carbocycles. The summed E-state index contributed by atoms with van der Waals surface area (Å²) in [4.78, 5) is 14.8. The lowest BCUT2D eigenvalue weighted by Gasteiger charge is -2.19. The molecule has 0 unspecified atom stereocenters. The summed E-state index contributed by atoms with van der Waals surface area (Å²) in [6, 6.07) is 0. The van der Waals surface area contributed by atoms with E-state index in [0.29, 0.717) is 0 Å². The molecule has 0 bridgehead atoms. The Morgan fingerprint density at radius 1 is 1.62 bits per heavy atom. The number of aromatic nitrogens is 1. The summed E-state index contributed by atoms with van der Waals surface area (Å²) >= 11 is 0.820. The first-order valence-corrected chi connectivity index (χ1v) is 4.70. The Hall–Kier alpha value is -0.970. The number of carbonyl (C=O) groups is 1. The van der Waals surface area contributed by atoms with Gasteiger partial charge in [0.1, 0.15) is 5.69 Å². The van der Waals surface area contributed by atoms with Crippen LogP contribution in [-0.2, 0) is 0 Å². The molecule has 1 rings (SSSR count). The number of amides is 1. The lowest BCUT2D eigenvalue weighted by atomic mass is 10.1. The number of nitrogens with one attached hydrogen (secondary N) is 1. The number of rotatable bonds is 1. The van der Waals surface area contributed by atoms with Gasteiger partial charge in [0, 0.05) is 10.9 Å². The predicted octanol–water partition coefficient (Wildman–Crippen LogP) is 1.81. The van der Waals surface area contributed by atoms with Crippen molar-refractivity contribution in [1.29, 1.82) is 0 Å². The highest BCUT2D eigenvalue weighted by molar-refractivity contribution is 7.08. The SMILES string of the molecule is CC(C)(C)NC(=O)c1csc(F)n1. The molecule has 3 nitrogen and oxygen atoms in total. The Morgan fingerprint density at radius 3 is 2.62 bits per heavy atom. The molecule has 0 aliphatic rings. The lowest BCUT2D eigenvalue weighted by molar-refractivity contribution is 0.0914. The van der Waals surface area contributed by atoms with Crippen molar-refractivity contribution in [2.24, 2.45) is 0 Å². The van der Waals surface area contributed by atoms with Gasteiger partial charge >= 0.3 is 0 Å². The molecule has 72 valence electrons. The number of hydrogen-bond donors (Lipinski definition) is 1. The van der Waals surface area contributed by atoms with Crippen molar-refractivity contribution in [2.45, 2.75) is 26.3 Å². The van der Waals surface area contributed by atoms with E-state index in [-0.39, 0.29) is 17.1 Å². The van der Waals surface area contributed by atoms with E-state index in [1.807, 2.05) is 20.8 Å². The van der Waals surface area contributed by atoms with E-state index in [9.17, 15) is 9.18 Å². The average molecular weight is 202 g/mol. The Labute approximate surface area is 80.0 Å². The average Bonchev–Trinajstić information content (AvgIpc) is 2.31. The molecule has 13 heavy (non-hydrogen) atoms. The van der Waals surface area contributed by atoms with Crippen molar-refractivity contribution < 1.29 is 9.18 Å². The highest BCUT2D eigenvalue weighted by Crippen LogP contribution is 2.08. The third-order valence-electron chi connectivity index (χ3n) is 1.20. The lowest BCUT2D eigenvalue weighted by Crippen LogP contribution is -2.40. The first-order chi connectivity index (χ1) is 5.88. The molecule has 0 saturated heterocycles. The molecular weight excluding hydrogens is 191 g/mol. The van der Waals surface area contributed by atoms with Crippen molar-refractivity contribution in [1.82, 2.24) is 10.3 Å². The molecule has 0 aliphatic carbocycles. The van der Waals surface area contributed by atoms with Crippen LogP contribution in [0, 0.1) is 5.26 Å². The standard InChI is InChI=1S/C8H11FN2OS/c1-8(2,3)11-6(12)5-4-13-7(9)10-5/h4H,1-3H3,(H,11,12). The Bertz CT molecular complexity index is 316. The van der Waals surface area contributed by atoms with Gasteiger partial charge in [-0.2, -0.15) is 4.39 Å². The van der Waals surface area contributed by atoms with Crippen molar-refractivity contribution in [2.75, 3.05) is 0 Å². The zero-order valence-electron chi connectivity index (χ0n) is 7.72. The van der Waals surface area contributed by atoms with Gasteiger partial charge in [0.2, 0.25) is 0 Å². The van der Waals surface area contributed by atoms with Gasteiger partial charge in [-0.15, -0.1) is 0 Å². The summed E-state index contributed by atoms with van der Waals surface area (Å²) < 4.78 is 12.4. The summed E-state index contributed by atoms with van der Waals surface area (Å²) in [5.41, 5.74) is -0.186. The highest BCUT2D eigenvalue weighted by Gasteiger charge is 2.17. The van der Waals surface area contributed by atoms with E-state index in [1.165, 1.54) is 5.38 Å². The molecule has 0 fully saturated rings. The fourth-order valence-corrected chi connectivity index (χ4v) is 1.28. The van der Waals surface area contributed by atoms with Crippen molar-refractivity contribution in [3.8, 4) is 0 Å². The second-order valence-electron chi connectivity index (χ2n) is 3.69. The van der Waals surface area contributed by atoms with Crippen molar-refractivity contribution in [3.05, 3.63) is 16.3 Å². The maximum Gasteiger partial charge on any atom is 0.271 e. The van der Waals surface area contributed by atoms with Crippen LogP contribution in [-0.4, -0.2) is 16.4 Å². The third-order valence-corrected chi connectivity index (χ3v) is 1.82. The van der Waals surface area contributed by atoms with E-state index in [1.54, 1.807) is 0 Å². The van der Waals surface area contributed by atoms with Crippen LogP contribution in [0.5, 0.6) is 0 Å². The Morgan fingerprint density at radius 2 is 2.23 bits per heavy atom. The molecule has 0 aliphatic heterocycles. The van der Waals surface area contributed by atoms with E-state index >= 15 is 0 Å². The van der Waals surface area contributed by atoms with Gasteiger partial charge in [-0.05, 0) is 20.8 Å². The fourth-order valence-electron chi connectivity index (χ4n) is 0.761. The molecule has 0 saturated carbocycles. The summed E-state index contributed by atoms with van der Waals surface area (Å²) in [5.74, 6) is -0.340. The summed E-state index contributed by atoms with van der Waals surface area (Å²) in [5, 5.41) is 3.50. The van der Waals surface area contributed by atoms with Gasteiger partial charge in [-0.25, -0.2) is 4.98 Å². The van der Waals surface area contributed by atoms with Crippen LogP contribution < -0.4 is 5.32 Å². The van der Waals surface area contributed by atoms with Crippen LogP contribution >= 0.6 is 11.3 Å². The second-order valence-corrected chi connectivity index (χ2v) is 4.50. The maximum absolute atomic E-state index is 12.4. The monoisotopic (exact) mass is 202 g/mol. The van der Waals surface area contributed by atoms with E-state index in [0.717, 1.165) is 11.3 Å². The van der Waals surface area contributed by atoms with Crippen LogP contribution in [0.25, 0.3) is 0 Å². The van der Waals surface area contributed by atoms with Crippen LogP contribution in [0.2, 0.25) is 0 Å². The first-order valence-electron chi connectivity index (χ1n) is 3.82. The van der Waals surface area contributed by atoms with Gasteiger partial charge in [-0.3, -0.25) is 4.79 Å². The molecule has 5 heteroatoms. The largest absolute Gasteiger partial charge is 0.346 e. The minimum atomic E-state index is -0.584. The van der Waals surface area contributed by atoms with Crippen LogP contribution in [0.3, 0.4) is 0 Å². The Kier molecular flexibility index (Phi) is 2.66. The molecule has 0 radical (unpaired) electrons. The predicted molar refractivity (Wildman–Crippen MR) is 49.3 cm³/mol. The smallest absolute Gasteiger partial charge is 0.271 e. The molecule has 1 aromatic heterocycles. The van der Waals surface area contributed by atoms with E-state index in [4.69, 9.17) is 0 Å². The molecule has 1 aromatic rings. The van der Waals surface area contributed by atoms with Crippen LogP contribution in [0.4, 0.5) is 4.39 Å². The summed E-state index contributed by atoms with van der Waals surface area (Å²) in [6.07, 6.45) is 0. The topological polar surface area (TPSA) is 42.0 Å². The third kappa shape index (κ3) is 3.10. The first kappa shape index (κ1) is 10.1. The molecular formula is C8H11FN2OS. The molecule has 1 N–H and O–H groups in total. The highest BCUT2D eigenvalue weighted by atomic mass is 32.1. The number of nitrogens with zero attached hydrogens (tertiary/aromatic N) is 1. The molecule has 1 heterocycles. The maximum atomic E-state index is 12.4. The van der Waals surface area contributed by atoms with Gasteiger partial charge in [-0.1, -0.05) is 11.3 Å². The van der Waals surface area contributed by atoms with Crippen molar-refractivity contribution >= 4 is 17.2 Å². The number of hydrogen-bond acceptors (Lipinski definition) is 3. The van der Waals surface area contributed by atoms with Crippen LogP contribution in [0.15, 0.2) is 5.38 Å². The van der Waals surface area contributed by atoms with Gasteiger partial charge < -0.3 is 5.32 Å². The Balaban J connectivity index is 2.70. The van der Waals surface area contributed by atoms with Crippen molar-refractivity contribution in [3.63, 3.8) is 0 Å². The van der Waals surface area contributed by atoms with E-state index < -0.39 is 5.26 Å². The molecule has 1 amide bonds. The second kappa shape index (κ2) is 3.41. The van der Waals surface area contributed by atoms with Gasteiger partial charge in [0.25, 0.3) is 11.2 Å². The number of halogens is 1. The molecule has 0 spiro atoms. The summed E-state index contributed by atoms with van der Waals surface area (Å²) in [6.45, 7) is 5.56. The van der Waals surface area contributed by atoms with Crippen LogP contribution in [0.1, 0.15) is 31.3 Å². The normalized spacial score (nSPS) is 11.4. The quantitative estimate of drug-likeness (QED) is 0.754. The minimum Gasteiger partial charge on any atom is -0.346 e. The van der Waals surface area contributed by atoms with Gasteiger partial charge in [0.05, 0.1) is 0 Å². The fraction of sp³-hybridized carbons (Fsp3) is 0.500. The number of carbonyl (C=O) groups excluding carboxylic acids is 1. The van der Waals surface area contributed by atoms with E-state index in [2.05, 4.69) is 10.3 Å². The minimum absolute atomic E-state index is 0.137. The summed E-state index contributed by atoms with van der Waals surface area (Å²) in [7, 11) is 0. The number of thiazole rings is 1. The zero-order chi connectivity index (χ0) is 10.1. The van der Waals surface area contributed by atoms with Gasteiger partial charge in [0.15, 0.2) is 0 Å². The molecule has 0 atom stereocenters. The zero-order valence-corrected chi connectivity index (χ0v) is 8.54.